The molecule has 1 unspecified atom stereocenters. The molecule has 26 heavy (non-hydrogen) atoms. The fourth-order valence-electron chi connectivity index (χ4n) is 2.14. The third kappa shape index (κ3) is 4.98. The van der Waals surface area contributed by atoms with Crippen molar-refractivity contribution in [3.63, 3.8) is 0 Å². The molecule has 0 fully saturated rings. The molecule has 1 atom stereocenters. The Hall–Kier alpha value is -2.55. The number of carbonyl (C=O) groups is 2. The molecule has 0 aliphatic carbocycles. The number of halogens is 4. The van der Waals surface area contributed by atoms with Crippen molar-refractivity contribution in [1.82, 2.24) is 10.6 Å². The number of hydrogen-bond acceptors (Lipinski definition) is 3. The van der Waals surface area contributed by atoms with Crippen LogP contribution in [0.25, 0.3) is 0 Å². The molecule has 0 aromatic heterocycles. The minimum absolute atomic E-state index is 0.0569. The molecular weight excluding hydrogens is 372 g/mol. The maximum atomic E-state index is 13.4. The quantitative estimate of drug-likeness (QED) is 0.590. The zero-order valence-electron chi connectivity index (χ0n) is 13.4. The Labute approximate surface area is 151 Å². The normalized spacial score (nSPS) is 11.9. The van der Waals surface area contributed by atoms with Crippen LogP contribution in [-0.4, -0.2) is 24.6 Å². The van der Waals surface area contributed by atoms with Crippen molar-refractivity contribution in [2.45, 2.75) is 16.7 Å². The predicted molar refractivity (Wildman–Crippen MR) is 88.9 cm³/mol. The molecule has 0 radical (unpaired) electrons. The van der Waals surface area contributed by atoms with E-state index < -0.39 is 35.2 Å². The van der Waals surface area contributed by atoms with Gasteiger partial charge in [-0.25, -0.2) is 8.78 Å². The third-order valence-corrected chi connectivity index (χ3v) is 4.13. The van der Waals surface area contributed by atoms with Gasteiger partial charge in [-0.05, 0) is 42.0 Å². The van der Waals surface area contributed by atoms with Gasteiger partial charge in [0.25, 0.3) is 11.7 Å². The van der Waals surface area contributed by atoms with Gasteiger partial charge in [0.15, 0.2) is 11.6 Å². The molecule has 2 N–H and O–H groups in total. The summed E-state index contributed by atoms with van der Waals surface area (Å²) in [6.07, 6.45) is 0. The number of rotatable bonds is 6. The van der Waals surface area contributed by atoms with Gasteiger partial charge in [0, 0.05) is 17.5 Å². The summed E-state index contributed by atoms with van der Waals surface area (Å²) in [4.78, 5) is 24.6. The van der Waals surface area contributed by atoms with Crippen molar-refractivity contribution in [1.29, 1.82) is 0 Å². The number of carbonyl (C=O) groups excluding carboxylic acids is 2. The molecule has 2 aromatic carbocycles. The van der Waals surface area contributed by atoms with Gasteiger partial charge in [-0.3, -0.25) is 9.59 Å². The van der Waals surface area contributed by atoms with Gasteiger partial charge in [-0.1, -0.05) is 17.8 Å². The molecule has 138 valence electrons. The SMILES string of the molecule is CNC(=O)C(NC(=O)c1ccc(SC(F)F)cc1)c1ccc(F)c(F)c1. The molecule has 9 heteroatoms. The average Bonchev–Trinajstić information content (AvgIpc) is 2.61. The highest BCUT2D eigenvalue weighted by molar-refractivity contribution is 7.99. The van der Waals surface area contributed by atoms with Crippen LogP contribution in [0.2, 0.25) is 0 Å². The van der Waals surface area contributed by atoms with E-state index in [-0.39, 0.29) is 16.0 Å². The van der Waals surface area contributed by atoms with Gasteiger partial charge in [0.2, 0.25) is 5.91 Å². The fourth-order valence-corrected chi connectivity index (χ4v) is 2.64. The molecule has 0 saturated carbocycles. The zero-order chi connectivity index (χ0) is 19.3. The summed E-state index contributed by atoms with van der Waals surface area (Å²) in [7, 11) is 1.33. The Balaban J connectivity index is 2.21. The van der Waals surface area contributed by atoms with Gasteiger partial charge < -0.3 is 10.6 Å². The molecular formula is C17H14F4N2O2S. The molecule has 2 rings (SSSR count). The number of hydrogen-bond donors (Lipinski definition) is 2. The Morgan fingerprint density at radius 2 is 1.65 bits per heavy atom. The van der Waals surface area contributed by atoms with Crippen LogP contribution in [-0.2, 0) is 4.79 Å². The van der Waals surface area contributed by atoms with Crippen molar-refractivity contribution in [2.75, 3.05) is 7.05 Å². The van der Waals surface area contributed by atoms with Gasteiger partial charge in [-0.2, -0.15) is 8.78 Å². The monoisotopic (exact) mass is 386 g/mol. The Bertz CT molecular complexity index is 800. The van der Waals surface area contributed by atoms with Crippen LogP contribution in [0.5, 0.6) is 0 Å². The number of amides is 2. The average molecular weight is 386 g/mol. The van der Waals surface area contributed by atoms with E-state index >= 15 is 0 Å². The summed E-state index contributed by atoms with van der Waals surface area (Å²) in [5.74, 6) is -6.12. The van der Waals surface area contributed by atoms with Crippen molar-refractivity contribution >= 4 is 23.6 Å². The number of benzene rings is 2. The first kappa shape index (κ1) is 19.8. The summed E-state index contributed by atoms with van der Waals surface area (Å²) >= 11 is 0.335. The lowest BCUT2D eigenvalue weighted by molar-refractivity contribution is -0.122. The summed E-state index contributed by atoms with van der Waals surface area (Å²) in [5, 5.41) is 4.74. The maximum absolute atomic E-state index is 13.4. The predicted octanol–water partition coefficient (Wildman–Crippen LogP) is 3.50. The summed E-state index contributed by atoms with van der Waals surface area (Å²) in [6, 6.07) is 6.94. The molecule has 0 saturated heterocycles. The lowest BCUT2D eigenvalue weighted by atomic mass is 10.0. The smallest absolute Gasteiger partial charge is 0.288 e. The van der Waals surface area contributed by atoms with Crippen LogP contribution in [0, 0.1) is 11.6 Å². The summed E-state index contributed by atoms with van der Waals surface area (Å²) in [5.41, 5.74) is 0.182. The molecule has 0 bridgehead atoms. The van der Waals surface area contributed by atoms with Gasteiger partial charge >= 0.3 is 0 Å². The maximum Gasteiger partial charge on any atom is 0.288 e. The van der Waals surface area contributed by atoms with Crippen LogP contribution in [0.3, 0.4) is 0 Å². The van der Waals surface area contributed by atoms with E-state index in [2.05, 4.69) is 10.6 Å². The highest BCUT2D eigenvalue weighted by Gasteiger charge is 2.23. The molecule has 0 heterocycles. The molecule has 4 nitrogen and oxygen atoms in total. The van der Waals surface area contributed by atoms with Crippen molar-refractivity contribution in [3.8, 4) is 0 Å². The highest BCUT2D eigenvalue weighted by atomic mass is 32.2. The van der Waals surface area contributed by atoms with E-state index in [4.69, 9.17) is 0 Å². The standard InChI is InChI=1S/C17H14F4N2O2S/c1-22-16(25)14(10-4-7-12(18)13(19)8-10)23-15(24)9-2-5-11(6-3-9)26-17(20)21/h2-8,14,17H,1H3,(H,22,25)(H,23,24). The first-order chi connectivity index (χ1) is 12.3. The van der Waals surface area contributed by atoms with E-state index in [1.165, 1.54) is 37.4 Å². The van der Waals surface area contributed by atoms with E-state index in [9.17, 15) is 27.2 Å². The molecule has 0 aliphatic heterocycles. The van der Waals surface area contributed by atoms with Crippen LogP contribution < -0.4 is 10.6 Å². The van der Waals surface area contributed by atoms with Crippen molar-refractivity contribution in [3.05, 3.63) is 65.2 Å². The zero-order valence-corrected chi connectivity index (χ0v) is 14.2. The number of alkyl halides is 2. The van der Waals surface area contributed by atoms with Crippen molar-refractivity contribution in [2.24, 2.45) is 0 Å². The van der Waals surface area contributed by atoms with E-state index in [0.717, 1.165) is 12.1 Å². The van der Waals surface area contributed by atoms with Crippen LogP contribution in [0.1, 0.15) is 22.0 Å². The first-order valence-corrected chi connectivity index (χ1v) is 8.22. The van der Waals surface area contributed by atoms with Crippen LogP contribution >= 0.6 is 11.8 Å². The fraction of sp³-hybridized carbons (Fsp3) is 0.176. The number of nitrogens with one attached hydrogen (secondary N) is 2. The van der Waals surface area contributed by atoms with E-state index in [1.54, 1.807) is 0 Å². The van der Waals surface area contributed by atoms with Crippen LogP contribution in [0.15, 0.2) is 47.4 Å². The second-order valence-corrected chi connectivity index (χ2v) is 6.16. The Morgan fingerprint density at radius 3 is 2.19 bits per heavy atom. The lowest BCUT2D eigenvalue weighted by Crippen LogP contribution is -2.39. The molecule has 2 aromatic rings. The minimum atomic E-state index is -2.58. The lowest BCUT2D eigenvalue weighted by Gasteiger charge is -2.18. The minimum Gasteiger partial charge on any atom is -0.357 e. The molecule has 2 amide bonds. The molecule has 0 aliphatic rings. The van der Waals surface area contributed by atoms with E-state index in [0.29, 0.717) is 11.8 Å². The Morgan fingerprint density at radius 1 is 1.00 bits per heavy atom. The van der Waals surface area contributed by atoms with E-state index in [1.807, 2.05) is 0 Å². The topological polar surface area (TPSA) is 58.2 Å². The first-order valence-electron chi connectivity index (χ1n) is 7.34. The van der Waals surface area contributed by atoms with Gasteiger partial charge in [0.1, 0.15) is 6.04 Å². The molecule has 0 spiro atoms. The van der Waals surface area contributed by atoms with Gasteiger partial charge in [0.05, 0.1) is 0 Å². The van der Waals surface area contributed by atoms with Crippen molar-refractivity contribution < 1.29 is 27.2 Å². The third-order valence-electron chi connectivity index (χ3n) is 3.40. The van der Waals surface area contributed by atoms with Gasteiger partial charge in [-0.15, -0.1) is 0 Å². The van der Waals surface area contributed by atoms with Crippen LogP contribution in [0.4, 0.5) is 17.6 Å². The number of likely N-dealkylation sites (N-methyl/N-ethyl adjacent to an activating group) is 1. The highest BCUT2D eigenvalue weighted by Crippen LogP contribution is 2.25. The second-order valence-electron chi connectivity index (χ2n) is 5.10. The summed E-state index contributed by atoms with van der Waals surface area (Å²) in [6.45, 7) is 0. The Kier molecular flexibility index (Phi) is 6.62. The summed E-state index contributed by atoms with van der Waals surface area (Å²) < 4.78 is 51.1. The number of thioether (sulfide) groups is 1. The largest absolute Gasteiger partial charge is 0.357 e. The second kappa shape index (κ2) is 8.70.